The van der Waals surface area contributed by atoms with Gasteiger partial charge in [-0.1, -0.05) is 31.0 Å². The van der Waals surface area contributed by atoms with Crippen LogP contribution in [0, 0.1) is 0 Å². The van der Waals surface area contributed by atoms with Crippen molar-refractivity contribution < 1.29 is 4.74 Å². The highest BCUT2D eigenvalue weighted by atomic mass is 16.5. The molecule has 0 atom stereocenters. The second-order valence-corrected chi connectivity index (χ2v) is 5.54. The first-order chi connectivity index (χ1) is 9.84. The van der Waals surface area contributed by atoms with Gasteiger partial charge in [-0.05, 0) is 18.9 Å². The summed E-state index contributed by atoms with van der Waals surface area (Å²) in [7, 11) is 2.00. The van der Waals surface area contributed by atoms with Crippen molar-refractivity contribution in [1.29, 1.82) is 0 Å². The van der Waals surface area contributed by atoms with Crippen LogP contribution in [-0.2, 0) is 18.3 Å². The van der Waals surface area contributed by atoms with Crippen LogP contribution in [0.25, 0.3) is 10.9 Å². The van der Waals surface area contributed by atoms with E-state index in [1.807, 2.05) is 11.7 Å². The Bertz CT molecular complexity index is 558. The Morgan fingerprint density at radius 2 is 2.10 bits per heavy atom. The molecule has 3 rings (SSSR count). The summed E-state index contributed by atoms with van der Waals surface area (Å²) in [5.74, 6) is 0. The van der Waals surface area contributed by atoms with Crippen LogP contribution < -0.4 is 5.32 Å². The number of nitrogens with one attached hydrogen (secondary N) is 1. The summed E-state index contributed by atoms with van der Waals surface area (Å²) in [6, 6.07) is 8.36. The third-order valence-corrected chi connectivity index (χ3v) is 4.06. The Hall–Kier alpha value is -1.39. The molecule has 0 saturated heterocycles. The first kappa shape index (κ1) is 13.6. The summed E-state index contributed by atoms with van der Waals surface area (Å²) < 4.78 is 7.79. The molecule has 0 amide bonds. The molecule has 0 aliphatic heterocycles. The molecule has 1 aromatic carbocycles. The largest absolute Gasteiger partial charge is 0.377 e. The maximum absolute atomic E-state index is 5.85. The van der Waals surface area contributed by atoms with Gasteiger partial charge in [0.1, 0.15) is 0 Å². The lowest BCUT2D eigenvalue weighted by atomic mass is 10.2. The molecule has 4 nitrogen and oxygen atoms in total. The monoisotopic (exact) mass is 273 g/mol. The normalized spacial score (nSPS) is 16.2. The highest BCUT2D eigenvalue weighted by Gasteiger charge is 2.14. The zero-order chi connectivity index (χ0) is 13.8. The number of benzene rings is 1. The van der Waals surface area contributed by atoms with E-state index in [0.29, 0.717) is 6.10 Å². The van der Waals surface area contributed by atoms with Gasteiger partial charge in [-0.3, -0.25) is 4.68 Å². The van der Waals surface area contributed by atoms with Gasteiger partial charge in [-0.15, -0.1) is 0 Å². The zero-order valence-electron chi connectivity index (χ0n) is 12.1. The number of fused-ring (bicyclic) bond motifs is 1. The number of aromatic nitrogens is 2. The summed E-state index contributed by atoms with van der Waals surface area (Å²) in [5, 5.41) is 9.24. The Kier molecular flexibility index (Phi) is 4.33. The molecule has 20 heavy (non-hydrogen) atoms. The van der Waals surface area contributed by atoms with Gasteiger partial charge in [0.25, 0.3) is 0 Å². The van der Waals surface area contributed by atoms with E-state index < -0.39 is 0 Å². The lowest BCUT2D eigenvalue weighted by Gasteiger charge is -2.11. The summed E-state index contributed by atoms with van der Waals surface area (Å²) >= 11 is 0. The molecule has 0 bridgehead atoms. The average molecular weight is 273 g/mol. The molecule has 0 radical (unpaired) electrons. The fourth-order valence-corrected chi connectivity index (χ4v) is 2.98. The minimum atomic E-state index is 0.507. The SMILES string of the molecule is Cn1nc(CNCCOC2CCCC2)c2ccccc21. The first-order valence-corrected chi connectivity index (χ1v) is 7.57. The van der Waals surface area contributed by atoms with Crippen molar-refractivity contribution in [3.05, 3.63) is 30.0 Å². The van der Waals surface area contributed by atoms with E-state index in [2.05, 4.69) is 34.7 Å². The molecule has 0 spiro atoms. The number of rotatable bonds is 6. The van der Waals surface area contributed by atoms with Gasteiger partial charge in [0.05, 0.1) is 23.9 Å². The fourth-order valence-electron chi connectivity index (χ4n) is 2.98. The number of ether oxygens (including phenoxy) is 1. The highest BCUT2D eigenvalue weighted by molar-refractivity contribution is 5.81. The van der Waals surface area contributed by atoms with Gasteiger partial charge in [-0.2, -0.15) is 5.10 Å². The van der Waals surface area contributed by atoms with Crippen molar-refractivity contribution in [2.45, 2.75) is 38.3 Å². The van der Waals surface area contributed by atoms with Crippen molar-refractivity contribution in [2.75, 3.05) is 13.2 Å². The van der Waals surface area contributed by atoms with Crippen molar-refractivity contribution in [2.24, 2.45) is 7.05 Å². The third-order valence-electron chi connectivity index (χ3n) is 4.06. The van der Waals surface area contributed by atoms with Crippen LogP contribution in [0.3, 0.4) is 0 Å². The molecule has 108 valence electrons. The lowest BCUT2D eigenvalue weighted by molar-refractivity contribution is 0.0602. The number of nitrogens with zero attached hydrogens (tertiary/aromatic N) is 2. The number of hydrogen-bond acceptors (Lipinski definition) is 3. The highest BCUT2D eigenvalue weighted by Crippen LogP contribution is 2.20. The van der Waals surface area contributed by atoms with Crippen LogP contribution in [0.15, 0.2) is 24.3 Å². The smallest absolute Gasteiger partial charge is 0.0841 e. The van der Waals surface area contributed by atoms with Gasteiger partial charge in [0.15, 0.2) is 0 Å². The standard InChI is InChI=1S/C16H23N3O/c1-19-16-9-5-4-8-14(16)15(18-19)12-17-10-11-20-13-6-2-3-7-13/h4-5,8-9,13,17H,2-3,6-7,10-12H2,1H3. The minimum Gasteiger partial charge on any atom is -0.377 e. The predicted octanol–water partition coefficient (Wildman–Crippen LogP) is 2.62. The Labute approximate surface area is 120 Å². The third kappa shape index (κ3) is 3.02. The topological polar surface area (TPSA) is 39.1 Å². The average Bonchev–Trinajstić information content (AvgIpc) is 3.08. The number of aryl methyl sites for hydroxylation is 1. The van der Waals surface area contributed by atoms with Gasteiger partial charge >= 0.3 is 0 Å². The van der Waals surface area contributed by atoms with Crippen LogP contribution in [0.5, 0.6) is 0 Å². The van der Waals surface area contributed by atoms with Crippen molar-refractivity contribution >= 4 is 10.9 Å². The van der Waals surface area contributed by atoms with Crippen LogP contribution in [0.4, 0.5) is 0 Å². The zero-order valence-corrected chi connectivity index (χ0v) is 12.1. The molecule has 1 N–H and O–H groups in total. The molecular formula is C16H23N3O. The first-order valence-electron chi connectivity index (χ1n) is 7.57. The number of para-hydroxylation sites is 1. The Balaban J connectivity index is 1.47. The molecule has 1 aromatic heterocycles. The molecule has 1 aliphatic carbocycles. The van der Waals surface area contributed by atoms with Crippen molar-refractivity contribution in [1.82, 2.24) is 15.1 Å². The molecular weight excluding hydrogens is 250 g/mol. The fraction of sp³-hybridized carbons (Fsp3) is 0.562. The van der Waals surface area contributed by atoms with E-state index in [4.69, 9.17) is 4.74 Å². The second-order valence-electron chi connectivity index (χ2n) is 5.54. The Morgan fingerprint density at radius 1 is 1.30 bits per heavy atom. The van der Waals surface area contributed by atoms with E-state index >= 15 is 0 Å². The summed E-state index contributed by atoms with van der Waals surface area (Å²) in [6.07, 6.45) is 5.65. The summed E-state index contributed by atoms with van der Waals surface area (Å²) in [6.45, 7) is 2.49. The Morgan fingerprint density at radius 3 is 2.95 bits per heavy atom. The van der Waals surface area contributed by atoms with Gasteiger partial charge in [-0.25, -0.2) is 0 Å². The van der Waals surface area contributed by atoms with Crippen LogP contribution >= 0.6 is 0 Å². The maximum Gasteiger partial charge on any atom is 0.0841 e. The molecule has 0 unspecified atom stereocenters. The van der Waals surface area contributed by atoms with E-state index in [1.54, 1.807) is 0 Å². The molecule has 4 heteroatoms. The minimum absolute atomic E-state index is 0.507. The molecule has 1 fully saturated rings. The second kappa shape index (κ2) is 6.37. The quantitative estimate of drug-likeness (QED) is 0.822. The summed E-state index contributed by atoms with van der Waals surface area (Å²) in [5.41, 5.74) is 2.30. The maximum atomic E-state index is 5.85. The van der Waals surface area contributed by atoms with Crippen molar-refractivity contribution in [3.63, 3.8) is 0 Å². The van der Waals surface area contributed by atoms with Gasteiger partial charge in [0, 0.05) is 25.5 Å². The predicted molar refractivity (Wildman–Crippen MR) is 80.6 cm³/mol. The van der Waals surface area contributed by atoms with Crippen LogP contribution in [-0.4, -0.2) is 29.0 Å². The van der Waals surface area contributed by atoms with Gasteiger partial charge < -0.3 is 10.1 Å². The van der Waals surface area contributed by atoms with Gasteiger partial charge in [0.2, 0.25) is 0 Å². The summed E-state index contributed by atoms with van der Waals surface area (Å²) in [4.78, 5) is 0. The molecule has 1 saturated carbocycles. The van der Waals surface area contributed by atoms with E-state index in [1.165, 1.54) is 36.6 Å². The molecule has 1 heterocycles. The van der Waals surface area contributed by atoms with E-state index in [-0.39, 0.29) is 0 Å². The lowest BCUT2D eigenvalue weighted by Crippen LogP contribution is -2.22. The van der Waals surface area contributed by atoms with Crippen LogP contribution in [0.1, 0.15) is 31.4 Å². The number of hydrogen-bond donors (Lipinski definition) is 1. The molecule has 1 aliphatic rings. The van der Waals surface area contributed by atoms with Crippen molar-refractivity contribution in [3.8, 4) is 0 Å². The van der Waals surface area contributed by atoms with E-state index in [0.717, 1.165) is 25.4 Å². The van der Waals surface area contributed by atoms with E-state index in [9.17, 15) is 0 Å². The van der Waals surface area contributed by atoms with Crippen LogP contribution in [0.2, 0.25) is 0 Å². The molecule has 2 aromatic rings.